The van der Waals surface area contributed by atoms with Gasteiger partial charge in [-0.1, -0.05) is 0 Å². The van der Waals surface area contributed by atoms with E-state index >= 15 is 0 Å². The molecule has 1 unspecified atom stereocenters. The number of aliphatic hydroxyl groups excluding tert-OH is 1. The zero-order valence-electron chi connectivity index (χ0n) is 5.26. The van der Waals surface area contributed by atoms with Gasteiger partial charge in [-0.25, -0.2) is 0 Å². The quantitative estimate of drug-likeness (QED) is 0.482. The van der Waals surface area contributed by atoms with Gasteiger partial charge in [0, 0.05) is 11.0 Å². The number of hydrogen-bond donors (Lipinski definition) is 2. The average molecular weight is 129 g/mol. The first kappa shape index (κ1) is 5.65. The van der Waals surface area contributed by atoms with Gasteiger partial charge < -0.3 is 15.6 Å². The lowest BCUT2D eigenvalue weighted by atomic mass is 9.99. The van der Waals surface area contributed by atoms with Crippen molar-refractivity contribution in [3.8, 4) is 0 Å². The summed E-state index contributed by atoms with van der Waals surface area (Å²) in [4.78, 5) is 0. The van der Waals surface area contributed by atoms with Crippen LogP contribution in [0.5, 0.6) is 0 Å². The maximum Gasteiger partial charge on any atom is 0.0618 e. The van der Waals surface area contributed by atoms with Crippen molar-refractivity contribution >= 4 is 0 Å². The van der Waals surface area contributed by atoms with Crippen molar-refractivity contribution in [1.82, 2.24) is 0 Å². The molecule has 0 bridgehead atoms. The summed E-state index contributed by atoms with van der Waals surface area (Å²) in [7, 11) is 0. The molecule has 3 N–H and O–H groups in total. The third-order valence-corrected chi connectivity index (χ3v) is 2.62. The summed E-state index contributed by atoms with van der Waals surface area (Å²) < 4.78 is 5.01. The minimum absolute atomic E-state index is 0.107. The van der Waals surface area contributed by atoms with Crippen LogP contribution in [0.3, 0.4) is 0 Å². The first-order chi connectivity index (χ1) is 4.22. The molecular weight excluding hydrogens is 118 g/mol. The van der Waals surface area contributed by atoms with Crippen LogP contribution in [-0.2, 0) is 4.74 Å². The molecule has 9 heavy (non-hydrogen) atoms. The number of rotatable bonds is 1. The van der Waals surface area contributed by atoms with Gasteiger partial charge in [0.2, 0.25) is 0 Å². The molecule has 0 aromatic rings. The van der Waals surface area contributed by atoms with Crippen LogP contribution in [-0.4, -0.2) is 30.5 Å². The van der Waals surface area contributed by atoms with Crippen molar-refractivity contribution in [3.05, 3.63) is 0 Å². The summed E-state index contributed by atoms with van der Waals surface area (Å²) in [5, 5.41) is 8.79. The van der Waals surface area contributed by atoms with Gasteiger partial charge in [0.15, 0.2) is 0 Å². The Labute approximate surface area is 53.8 Å². The standard InChI is InChI=1S/C6H11NO2/c7-6(2-8)1-5(6)3-9-4-5/h8H,1-4,7H2. The van der Waals surface area contributed by atoms with Gasteiger partial charge in [0.05, 0.1) is 19.8 Å². The lowest BCUT2D eigenvalue weighted by Gasteiger charge is -2.29. The largest absolute Gasteiger partial charge is 0.394 e. The molecule has 1 aliphatic heterocycles. The van der Waals surface area contributed by atoms with Crippen molar-refractivity contribution < 1.29 is 9.84 Å². The summed E-state index contributed by atoms with van der Waals surface area (Å²) in [5.41, 5.74) is 5.65. The van der Waals surface area contributed by atoms with Crippen LogP contribution in [0.1, 0.15) is 6.42 Å². The van der Waals surface area contributed by atoms with E-state index in [0.717, 1.165) is 19.6 Å². The van der Waals surface area contributed by atoms with Crippen LogP contribution >= 0.6 is 0 Å². The number of nitrogens with two attached hydrogens (primary N) is 1. The molecule has 3 nitrogen and oxygen atoms in total. The smallest absolute Gasteiger partial charge is 0.0618 e. The van der Waals surface area contributed by atoms with Crippen molar-refractivity contribution in [2.24, 2.45) is 11.1 Å². The number of ether oxygens (including phenoxy) is 1. The van der Waals surface area contributed by atoms with Crippen LogP contribution in [0.25, 0.3) is 0 Å². The molecule has 52 valence electrons. The zero-order chi connectivity index (χ0) is 6.54. The van der Waals surface area contributed by atoms with E-state index in [-0.39, 0.29) is 17.6 Å². The van der Waals surface area contributed by atoms with Gasteiger partial charge in [-0.3, -0.25) is 0 Å². The number of aliphatic hydroxyl groups is 1. The van der Waals surface area contributed by atoms with Crippen molar-refractivity contribution in [2.75, 3.05) is 19.8 Å². The molecule has 0 radical (unpaired) electrons. The highest BCUT2D eigenvalue weighted by Crippen LogP contribution is 2.58. The second-order valence-electron chi connectivity index (χ2n) is 3.26. The molecule has 1 heterocycles. The zero-order valence-corrected chi connectivity index (χ0v) is 5.26. The fourth-order valence-electron chi connectivity index (χ4n) is 1.52. The Kier molecular flexibility index (Phi) is 0.822. The summed E-state index contributed by atoms with van der Waals surface area (Å²) in [6.45, 7) is 1.62. The van der Waals surface area contributed by atoms with Crippen molar-refractivity contribution in [2.45, 2.75) is 12.0 Å². The van der Waals surface area contributed by atoms with Gasteiger partial charge in [-0.2, -0.15) is 0 Å². The summed E-state index contributed by atoms with van der Waals surface area (Å²) in [6, 6.07) is 0. The molecule has 2 rings (SSSR count). The van der Waals surface area contributed by atoms with Gasteiger partial charge in [0.25, 0.3) is 0 Å². The van der Waals surface area contributed by atoms with E-state index in [2.05, 4.69) is 0 Å². The summed E-state index contributed by atoms with van der Waals surface area (Å²) >= 11 is 0. The summed E-state index contributed by atoms with van der Waals surface area (Å²) in [5.74, 6) is 0. The molecule has 1 aliphatic carbocycles. The SMILES string of the molecule is NC1(CO)CC12COC2. The Bertz CT molecular complexity index is 136. The minimum Gasteiger partial charge on any atom is -0.394 e. The Hall–Kier alpha value is -0.120. The van der Waals surface area contributed by atoms with E-state index < -0.39 is 0 Å². The highest BCUT2D eigenvalue weighted by Gasteiger charge is 2.68. The van der Waals surface area contributed by atoms with E-state index in [1.165, 1.54) is 0 Å². The average Bonchev–Trinajstić information content (AvgIpc) is 2.38. The lowest BCUT2D eigenvalue weighted by molar-refractivity contribution is -0.0665. The van der Waals surface area contributed by atoms with Gasteiger partial charge in [-0.15, -0.1) is 0 Å². The monoisotopic (exact) mass is 129 g/mol. The van der Waals surface area contributed by atoms with Crippen LogP contribution in [0.2, 0.25) is 0 Å². The molecule has 2 aliphatic rings. The second-order valence-corrected chi connectivity index (χ2v) is 3.26. The Morgan fingerprint density at radius 1 is 1.56 bits per heavy atom. The fraction of sp³-hybridized carbons (Fsp3) is 1.00. The molecule has 3 heteroatoms. The molecule has 0 amide bonds. The molecule has 1 spiro atoms. The number of hydrogen-bond acceptors (Lipinski definition) is 3. The van der Waals surface area contributed by atoms with Crippen LogP contribution in [0.4, 0.5) is 0 Å². The predicted molar refractivity (Wildman–Crippen MR) is 31.9 cm³/mol. The third kappa shape index (κ3) is 0.478. The van der Waals surface area contributed by atoms with Crippen LogP contribution in [0, 0.1) is 5.41 Å². The lowest BCUT2D eigenvalue weighted by Crippen LogP contribution is -2.45. The van der Waals surface area contributed by atoms with Crippen molar-refractivity contribution in [3.63, 3.8) is 0 Å². The molecule has 1 saturated carbocycles. The van der Waals surface area contributed by atoms with E-state index in [1.54, 1.807) is 0 Å². The Morgan fingerprint density at radius 2 is 2.22 bits per heavy atom. The molecule has 0 aromatic heterocycles. The van der Waals surface area contributed by atoms with Gasteiger partial charge in [-0.05, 0) is 6.42 Å². The van der Waals surface area contributed by atoms with E-state index in [4.69, 9.17) is 15.6 Å². The maximum atomic E-state index is 8.79. The highest BCUT2D eigenvalue weighted by atomic mass is 16.5. The first-order valence-corrected chi connectivity index (χ1v) is 3.20. The Balaban J connectivity index is 2.06. The molecule has 0 aromatic carbocycles. The maximum absolute atomic E-state index is 8.79. The summed E-state index contributed by atoms with van der Waals surface area (Å²) in [6.07, 6.45) is 0.941. The van der Waals surface area contributed by atoms with Crippen LogP contribution in [0.15, 0.2) is 0 Å². The minimum atomic E-state index is -0.286. The van der Waals surface area contributed by atoms with Crippen molar-refractivity contribution in [1.29, 1.82) is 0 Å². The van der Waals surface area contributed by atoms with E-state index in [0.29, 0.717) is 0 Å². The van der Waals surface area contributed by atoms with Gasteiger partial charge in [0.1, 0.15) is 0 Å². The topological polar surface area (TPSA) is 55.5 Å². The molecule has 2 fully saturated rings. The second kappa shape index (κ2) is 1.31. The molecule has 1 atom stereocenters. The van der Waals surface area contributed by atoms with E-state index in [9.17, 15) is 0 Å². The molecule has 1 saturated heterocycles. The van der Waals surface area contributed by atoms with Crippen LogP contribution < -0.4 is 5.73 Å². The van der Waals surface area contributed by atoms with Gasteiger partial charge >= 0.3 is 0 Å². The Morgan fingerprint density at radius 3 is 2.33 bits per heavy atom. The molecular formula is C6H11NO2. The predicted octanol–water partition coefficient (Wildman–Crippen LogP) is -0.904. The first-order valence-electron chi connectivity index (χ1n) is 3.20. The van der Waals surface area contributed by atoms with E-state index in [1.807, 2.05) is 0 Å². The fourth-order valence-corrected chi connectivity index (χ4v) is 1.52. The highest BCUT2D eigenvalue weighted by molar-refractivity contribution is 5.22. The normalized spacial score (nSPS) is 44.7. The third-order valence-electron chi connectivity index (χ3n) is 2.62.